The first-order valence-electron chi connectivity index (χ1n) is 5.10. The maximum absolute atomic E-state index is 11.4. The number of esters is 2. The van der Waals surface area contributed by atoms with E-state index in [0.29, 0.717) is 0 Å². The van der Waals surface area contributed by atoms with Crippen molar-refractivity contribution in [2.24, 2.45) is 0 Å². The van der Waals surface area contributed by atoms with Gasteiger partial charge in [0.25, 0.3) is 0 Å². The van der Waals surface area contributed by atoms with E-state index >= 15 is 0 Å². The smallest absolute Gasteiger partial charge is 0.329 e. The van der Waals surface area contributed by atoms with Crippen molar-refractivity contribution in [2.75, 3.05) is 13.2 Å². The van der Waals surface area contributed by atoms with Gasteiger partial charge in [0, 0.05) is 6.92 Å². The molecule has 6 nitrogen and oxygen atoms in total. The van der Waals surface area contributed by atoms with Crippen molar-refractivity contribution in [3.63, 3.8) is 0 Å². The van der Waals surface area contributed by atoms with E-state index in [1.165, 1.54) is 6.92 Å². The molecular formula is C10H17NO5. The minimum absolute atomic E-state index is 0.192. The van der Waals surface area contributed by atoms with E-state index in [-0.39, 0.29) is 19.6 Å². The number of rotatable bonds is 6. The van der Waals surface area contributed by atoms with Crippen molar-refractivity contribution in [2.45, 2.75) is 33.2 Å². The maximum Gasteiger partial charge on any atom is 0.329 e. The van der Waals surface area contributed by atoms with Crippen LogP contribution in [0.3, 0.4) is 0 Å². The summed E-state index contributed by atoms with van der Waals surface area (Å²) in [5, 5.41) is 2.34. The van der Waals surface area contributed by atoms with Gasteiger partial charge in [-0.05, 0) is 13.8 Å². The van der Waals surface area contributed by atoms with Gasteiger partial charge >= 0.3 is 11.9 Å². The molecule has 0 saturated carbocycles. The zero-order valence-corrected chi connectivity index (χ0v) is 9.74. The molecule has 0 aromatic heterocycles. The van der Waals surface area contributed by atoms with E-state index in [1.807, 2.05) is 0 Å². The number of hydrogen-bond acceptors (Lipinski definition) is 5. The zero-order valence-electron chi connectivity index (χ0n) is 9.74. The fraction of sp³-hybridized carbons (Fsp3) is 0.700. The first kappa shape index (κ1) is 14.4. The second-order valence-corrected chi connectivity index (χ2v) is 3.01. The van der Waals surface area contributed by atoms with E-state index in [0.717, 1.165) is 0 Å². The monoisotopic (exact) mass is 231 g/mol. The molecule has 1 amide bonds. The average Bonchev–Trinajstić information content (AvgIpc) is 2.16. The van der Waals surface area contributed by atoms with Gasteiger partial charge in [-0.15, -0.1) is 0 Å². The Kier molecular flexibility index (Phi) is 6.91. The van der Waals surface area contributed by atoms with Crippen LogP contribution in [0.2, 0.25) is 0 Å². The standard InChI is InChI=1S/C10H17NO5/c1-4-15-9(13)6-8(11-7(3)12)10(14)16-5-2/h8H,4-6H2,1-3H3,(H,11,12)/t8-/m1/s1. The highest BCUT2D eigenvalue weighted by molar-refractivity contribution is 5.87. The van der Waals surface area contributed by atoms with E-state index in [1.54, 1.807) is 13.8 Å². The maximum atomic E-state index is 11.4. The topological polar surface area (TPSA) is 81.7 Å². The molecule has 0 aliphatic carbocycles. The molecule has 0 saturated heterocycles. The lowest BCUT2D eigenvalue weighted by atomic mass is 10.2. The summed E-state index contributed by atoms with van der Waals surface area (Å²) in [6.45, 7) is 4.99. The van der Waals surface area contributed by atoms with Crippen molar-refractivity contribution < 1.29 is 23.9 Å². The van der Waals surface area contributed by atoms with Crippen LogP contribution in [0.15, 0.2) is 0 Å². The van der Waals surface area contributed by atoms with Crippen molar-refractivity contribution in [1.29, 1.82) is 0 Å². The largest absolute Gasteiger partial charge is 0.466 e. The minimum atomic E-state index is -0.975. The van der Waals surface area contributed by atoms with E-state index in [9.17, 15) is 14.4 Å². The summed E-state index contributed by atoms with van der Waals surface area (Å²) in [4.78, 5) is 33.4. The molecule has 0 unspecified atom stereocenters. The highest BCUT2D eigenvalue weighted by atomic mass is 16.5. The van der Waals surface area contributed by atoms with Gasteiger partial charge in [0.1, 0.15) is 6.04 Å². The molecule has 0 rings (SSSR count). The molecule has 0 aromatic carbocycles. The number of nitrogens with one attached hydrogen (secondary N) is 1. The molecule has 0 bridgehead atoms. The van der Waals surface area contributed by atoms with Gasteiger partial charge in [0.05, 0.1) is 19.6 Å². The molecule has 0 spiro atoms. The van der Waals surface area contributed by atoms with Gasteiger partial charge in [-0.25, -0.2) is 4.79 Å². The predicted octanol–water partition coefficient (Wildman–Crippen LogP) is 0.00740. The Morgan fingerprint density at radius 1 is 1.12 bits per heavy atom. The molecule has 0 aromatic rings. The van der Waals surface area contributed by atoms with E-state index < -0.39 is 23.9 Å². The molecule has 0 radical (unpaired) electrons. The predicted molar refractivity (Wildman–Crippen MR) is 55.5 cm³/mol. The molecular weight excluding hydrogens is 214 g/mol. The SMILES string of the molecule is CCOC(=O)C[C@@H](NC(C)=O)C(=O)OCC. The molecule has 16 heavy (non-hydrogen) atoms. The normalized spacial score (nSPS) is 11.4. The Hall–Kier alpha value is -1.59. The summed E-state index contributed by atoms with van der Waals surface area (Å²) >= 11 is 0. The third-order valence-electron chi connectivity index (χ3n) is 1.62. The van der Waals surface area contributed by atoms with Crippen LogP contribution >= 0.6 is 0 Å². The summed E-state index contributed by atoms with van der Waals surface area (Å²) in [7, 11) is 0. The minimum Gasteiger partial charge on any atom is -0.466 e. The third kappa shape index (κ3) is 6.00. The fourth-order valence-electron chi connectivity index (χ4n) is 1.07. The van der Waals surface area contributed by atoms with Gasteiger partial charge < -0.3 is 14.8 Å². The van der Waals surface area contributed by atoms with Crippen LogP contribution in [0.5, 0.6) is 0 Å². The van der Waals surface area contributed by atoms with Gasteiger partial charge in [0.2, 0.25) is 5.91 Å². The fourth-order valence-corrected chi connectivity index (χ4v) is 1.07. The van der Waals surface area contributed by atoms with Crippen LogP contribution in [-0.2, 0) is 23.9 Å². The van der Waals surface area contributed by atoms with Gasteiger partial charge in [-0.3, -0.25) is 9.59 Å². The number of carbonyl (C=O) groups is 3. The number of ether oxygens (including phenoxy) is 2. The molecule has 1 atom stereocenters. The molecule has 1 N–H and O–H groups in total. The summed E-state index contributed by atoms with van der Waals surface area (Å²) in [6, 6.07) is -0.975. The van der Waals surface area contributed by atoms with Crippen LogP contribution in [0.25, 0.3) is 0 Å². The van der Waals surface area contributed by atoms with Gasteiger partial charge in [-0.2, -0.15) is 0 Å². The van der Waals surface area contributed by atoms with Crippen molar-refractivity contribution in [3.8, 4) is 0 Å². The Morgan fingerprint density at radius 3 is 2.12 bits per heavy atom. The van der Waals surface area contributed by atoms with Crippen molar-refractivity contribution >= 4 is 17.8 Å². The highest BCUT2D eigenvalue weighted by Crippen LogP contribution is 1.99. The van der Waals surface area contributed by atoms with Crippen molar-refractivity contribution in [1.82, 2.24) is 5.32 Å². The van der Waals surface area contributed by atoms with Crippen LogP contribution in [-0.4, -0.2) is 37.1 Å². The lowest BCUT2D eigenvalue weighted by Crippen LogP contribution is -2.42. The highest BCUT2D eigenvalue weighted by Gasteiger charge is 2.24. The van der Waals surface area contributed by atoms with Gasteiger partial charge in [-0.1, -0.05) is 0 Å². The number of hydrogen-bond donors (Lipinski definition) is 1. The lowest BCUT2D eigenvalue weighted by molar-refractivity contribution is -0.153. The molecule has 0 fully saturated rings. The first-order valence-corrected chi connectivity index (χ1v) is 5.10. The molecule has 0 aliphatic rings. The molecule has 6 heteroatoms. The number of carbonyl (C=O) groups excluding carboxylic acids is 3. The van der Waals surface area contributed by atoms with Crippen LogP contribution in [0.4, 0.5) is 0 Å². The summed E-state index contributed by atoms with van der Waals surface area (Å²) in [5.74, 6) is -1.58. The second-order valence-electron chi connectivity index (χ2n) is 3.01. The zero-order chi connectivity index (χ0) is 12.6. The van der Waals surface area contributed by atoms with Gasteiger partial charge in [0.15, 0.2) is 0 Å². The van der Waals surface area contributed by atoms with Crippen LogP contribution < -0.4 is 5.32 Å². The quantitative estimate of drug-likeness (QED) is 0.651. The summed E-state index contributed by atoms with van der Waals surface area (Å²) in [5.41, 5.74) is 0. The molecule has 0 aliphatic heterocycles. The van der Waals surface area contributed by atoms with Crippen LogP contribution in [0, 0.1) is 0 Å². The Labute approximate surface area is 94.3 Å². The van der Waals surface area contributed by atoms with E-state index in [4.69, 9.17) is 4.74 Å². The third-order valence-corrected chi connectivity index (χ3v) is 1.62. The molecule has 92 valence electrons. The summed E-state index contributed by atoms with van der Waals surface area (Å²) < 4.78 is 9.41. The Balaban J connectivity index is 4.36. The number of amides is 1. The Bertz CT molecular complexity index is 264. The summed E-state index contributed by atoms with van der Waals surface area (Å²) in [6.07, 6.45) is -0.216. The average molecular weight is 231 g/mol. The first-order chi connectivity index (χ1) is 7.51. The lowest BCUT2D eigenvalue weighted by Gasteiger charge is -2.15. The second kappa shape index (κ2) is 7.67. The molecule has 0 heterocycles. The van der Waals surface area contributed by atoms with Crippen LogP contribution in [0.1, 0.15) is 27.2 Å². The van der Waals surface area contributed by atoms with E-state index in [2.05, 4.69) is 10.1 Å². The van der Waals surface area contributed by atoms with Crippen molar-refractivity contribution in [3.05, 3.63) is 0 Å². The Morgan fingerprint density at radius 2 is 1.69 bits per heavy atom.